The fourth-order valence-electron chi connectivity index (χ4n) is 2.52. The van der Waals surface area contributed by atoms with Gasteiger partial charge < -0.3 is 14.8 Å². The molecule has 0 radical (unpaired) electrons. The van der Waals surface area contributed by atoms with Crippen LogP contribution in [0.25, 0.3) is 0 Å². The second kappa shape index (κ2) is 5.54. The first kappa shape index (κ1) is 13.0. The molecule has 1 atom stereocenters. The molecular formula is C15H19N3O2. The fraction of sp³-hybridized carbons (Fsp3) is 0.400. The summed E-state index contributed by atoms with van der Waals surface area (Å²) in [6.45, 7) is 3.56. The van der Waals surface area contributed by atoms with E-state index in [1.807, 2.05) is 6.07 Å². The number of H-pyrrole nitrogens is 1. The van der Waals surface area contributed by atoms with Gasteiger partial charge in [0.1, 0.15) is 17.6 Å². The first-order valence-electron chi connectivity index (χ1n) is 6.81. The van der Waals surface area contributed by atoms with Crippen molar-refractivity contribution in [3.8, 4) is 11.5 Å². The van der Waals surface area contributed by atoms with Crippen molar-refractivity contribution in [3.63, 3.8) is 0 Å². The van der Waals surface area contributed by atoms with Gasteiger partial charge in [0.05, 0.1) is 7.11 Å². The predicted octanol–water partition coefficient (Wildman–Crippen LogP) is 2.03. The molecule has 2 heterocycles. The molecule has 1 aromatic carbocycles. The Morgan fingerprint density at radius 1 is 1.45 bits per heavy atom. The first-order valence-corrected chi connectivity index (χ1v) is 6.81. The summed E-state index contributed by atoms with van der Waals surface area (Å²) in [6, 6.07) is 6.13. The van der Waals surface area contributed by atoms with Gasteiger partial charge in [0.2, 0.25) is 0 Å². The molecule has 0 fully saturated rings. The minimum Gasteiger partial charge on any atom is -0.496 e. The second-order valence-electron chi connectivity index (χ2n) is 5.09. The number of hydrogen-bond acceptors (Lipinski definition) is 4. The number of methoxy groups -OCH3 is 1. The number of fused-ring (bicyclic) bond motifs is 1. The Kier molecular flexibility index (Phi) is 3.60. The molecule has 5 nitrogen and oxygen atoms in total. The van der Waals surface area contributed by atoms with E-state index in [1.165, 1.54) is 5.56 Å². The molecule has 20 heavy (non-hydrogen) atoms. The van der Waals surface area contributed by atoms with Gasteiger partial charge in [-0.1, -0.05) is 0 Å². The Hall–Kier alpha value is -2.01. The van der Waals surface area contributed by atoms with Crippen molar-refractivity contribution in [1.29, 1.82) is 0 Å². The normalized spacial score (nSPS) is 16.8. The van der Waals surface area contributed by atoms with E-state index in [2.05, 4.69) is 34.6 Å². The van der Waals surface area contributed by atoms with Crippen molar-refractivity contribution < 1.29 is 9.47 Å². The number of rotatable bonds is 5. The smallest absolute Gasteiger partial charge is 0.123 e. The van der Waals surface area contributed by atoms with Crippen LogP contribution in [-0.2, 0) is 19.5 Å². The lowest BCUT2D eigenvalue weighted by Crippen LogP contribution is -2.13. The molecular weight excluding hydrogens is 254 g/mol. The molecule has 2 aromatic rings. The zero-order valence-electron chi connectivity index (χ0n) is 11.8. The van der Waals surface area contributed by atoms with Crippen LogP contribution < -0.4 is 14.8 Å². The average molecular weight is 273 g/mol. The maximum Gasteiger partial charge on any atom is 0.123 e. The van der Waals surface area contributed by atoms with Crippen molar-refractivity contribution >= 4 is 0 Å². The van der Waals surface area contributed by atoms with Gasteiger partial charge in [-0.15, -0.1) is 0 Å². The SMILES string of the molecule is COc1cc2c(cc1CNCc1ccn[nH]1)OC(C)C2. The van der Waals surface area contributed by atoms with E-state index < -0.39 is 0 Å². The molecule has 1 aliphatic rings. The van der Waals surface area contributed by atoms with Crippen molar-refractivity contribution in [2.75, 3.05) is 7.11 Å². The Balaban J connectivity index is 1.70. The maximum atomic E-state index is 5.80. The summed E-state index contributed by atoms with van der Waals surface area (Å²) in [5.41, 5.74) is 3.40. The maximum absolute atomic E-state index is 5.80. The summed E-state index contributed by atoms with van der Waals surface area (Å²) in [4.78, 5) is 0. The predicted molar refractivity (Wildman–Crippen MR) is 75.9 cm³/mol. The largest absolute Gasteiger partial charge is 0.496 e. The number of benzene rings is 1. The van der Waals surface area contributed by atoms with Crippen LogP contribution >= 0.6 is 0 Å². The third-order valence-corrected chi connectivity index (χ3v) is 3.49. The molecule has 0 aliphatic carbocycles. The lowest BCUT2D eigenvalue weighted by atomic mass is 10.1. The van der Waals surface area contributed by atoms with Crippen LogP contribution in [0.15, 0.2) is 24.4 Å². The molecule has 1 aliphatic heterocycles. The van der Waals surface area contributed by atoms with Gasteiger partial charge in [-0.05, 0) is 25.1 Å². The van der Waals surface area contributed by atoms with Gasteiger partial charge in [0, 0.05) is 42.5 Å². The van der Waals surface area contributed by atoms with Crippen molar-refractivity contribution in [2.24, 2.45) is 0 Å². The van der Waals surface area contributed by atoms with Crippen LogP contribution in [0, 0.1) is 0 Å². The average Bonchev–Trinajstić information content (AvgIpc) is 3.05. The zero-order valence-corrected chi connectivity index (χ0v) is 11.8. The van der Waals surface area contributed by atoms with Crippen LogP contribution in [0.5, 0.6) is 11.5 Å². The Labute approximate surface area is 118 Å². The first-order chi connectivity index (χ1) is 9.76. The van der Waals surface area contributed by atoms with Gasteiger partial charge in [-0.3, -0.25) is 5.10 Å². The highest BCUT2D eigenvalue weighted by Crippen LogP contribution is 2.34. The van der Waals surface area contributed by atoms with Crippen LogP contribution in [0.4, 0.5) is 0 Å². The highest BCUT2D eigenvalue weighted by atomic mass is 16.5. The van der Waals surface area contributed by atoms with Crippen molar-refractivity contribution in [2.45, 2.75) is 32.5 Å². The summed E-state index contributed by atoms with van der Waals surface area (Å²) in [6.07, 6.45) is 2.96. The monoisotopic (exact) mass is 273 g/mol. The van der Waals surface area contributed by atoms with Gasteiger partial charge in [-0.2, -0.15) is 5.10 Å². The minimum atomic E-state index is 0.253. The second-order valence-corrected chi connectivity index (χ2v) is 5.09. The topological polar surface area (TPSA) is 59.2 Å². The zero-order chi connectivity index (χ0) is 13.9. The molecule has 0 amide bonds. The van der Waals surface area contributed by atoms with Crippen LogP contribution in [0.2, 0.25) is 0 Å². The van der Waals surface area contributed by atoms with Gasteiger partial charge in [0.25, 0.3) is 0 Å². The summed E-state index contributed by atoms with van der Waals surface area (Å²) < 4.78 is 11.3. The molecule has 0 saturated heterocycles. The standard InChI is InChI=1S/C15H19N3O2/c1-10-5-11-6-14(19-2)12(7-15(11)20-10)8-16-9-13-3-4-17-18-13/h3-4,6-7,10,16H,5,8-9H2,1-2H3,(H,17,18). The van der Waals surface area contributed by atoms with Gasteiger partial charge in [0.15, 0.2) is 0 Å². The van der Waals surface area contributed by atoms with E-state index in [4.69, 9.17) is 9.47 Å². The van der Waals surface area contributed by atoms with Gasteiger partial charge in [-0.25, -0.2) is 0 Å². The summed E-state index contributed by atoms with van der Waals surface area (Å²) in [5, 5.41) is 10.2. The molecule has 3 rings (SSSR count). The molecule has 1 aromatic heterocycles. The molecule has 5 heteroatoms. The Morgan fingerprint density at radius 3 is 3.10 bits per heavy atom. The van der Waals surface area contributed by atoms with E-state index in [-0.39, 0.29) is 6.10 Å². The minimum absolute atomic E-state index is 0.253. The molecule has 0 spiro atoms. The third kappa shape index (κ3) is 2.63. The molecule has 106 valence electrons. The third-order valence-electron chi connectivity index (χ3n) is 3.49. The highest BCUT2D eigenvalue weighted by molar-refractivity contribution is 5.48. The van der Waals surface area contributed by atoms with E-state index in [0.717, 1.165) is 42.3 Å². The van der Waals surface area contributed by atoms with E-state index >= 15 is 0 Å². The van der Waals surface area contributed by atoms with Crippen molar-refractivity contribution in [1.82, 2.24) is 15.5 Å². The molecule has 2 N–H and O–H groups in total. The Bertz CT molecular complexity index is 581. The van der Waals surface area contributed by atoms with Crippen LogP contribution in [0.1, 0.15) is 23.7 Å². The fourth-order valence-corrected chi connectivity index (χ4v) is 2.52. The Morgan fingerprint density at radius 2 is 2.35 bits per heavy atom. The van der Waals surface area contributed by atoms with E-state index in [9.17, 15) is 0 Å². The lowest BCUT2D eigenvalue weighted by Gasteiger charge is -2.11. The summed E-state index contributed by atoms with van der Waals surface area (Å²) >= 11 is 0. The molecule has 0 saturated carbocycles. The molecule has 1 unspecified atom stereocenters. The van der Waals surface area contributed by atoms with E-state index in [1.54, 1.807) is 13.3 Å². The summed E-state index contributed by atoms with van der Waals surface area (Å²) in [5.74, 6) is 1.90. The number of aromatic amines is 1. The van der Waals surface area contributed by atoms with Crippen LogP contribution in [-0.4, -0.2) is 23.4 Å². The quantitative estimate of drug-likeness (QED) is 0.875. The number of hydrogen-bond donors (Lipinski definition) is 2. The van der Waals surface area contributed by atoms with Crippen molar-refractivity contribution in [3.05, 3.63) is 41.2 Å². The van der Waals surface area contributed by atoms with E-state index in [0.29, 0.717) is 0 Å². The van der Waals surface area contributed by atoms with Gasteiger partial charge >= 0.3 is 0 Å². The van der Waals surface area contributed by atoms with Crippen LogP contribution in [0.3, 0.4) is 0 Å². The molecule has 0 bridgehead atoms. The number of nitrogens with zero attached hydrogens (tertiary/aromatic N) is 1. The summed E-state index contributed by atoms with van der Waals surface area (Å²) in [7, 11) is 1.71. The highest BCUT2D eigenvalue weighted by Gasteiger charge is 2.21. The number of nitrogens with one attached hydrogen (secondary N) is 2. The number of aromatic nitrogens is 2. The lowest BCUT2D eigenvalue weighted by molar-refractivity contribution is 0.254. The number of ether oxygens (including phenoxy) is 2.